The highest BCUT2D eigenvalue weighted by atomic mass is 19.1. The monoisotopic (exact) mass is 319 g/mol. The van der Waals surface area contributed by atoms with Gasteiger partial charge in [-0.05, 0) is 42.0 Å². The van der Waals surface area contributed by atoms with Gasteiger partial charge in [0.1, 0.15) is 5.82 Å². The van der Waals surface area contributed by atoms with E-state index in [9.17, 15) is 14.0 Å². The van der Waals surface area contributed by atoms with Crippen LogP contribution in [0.4, 0.5) is 15.8 Å². The van der Waals surface area contributed by atoms with Gasteiger partial charge in [-0.1, -0.05) is 12.1 Å². The summed E-state index contributed by atoms with van der Waals surface area (Å²) < 4.78 is 12.7. The summed E-state index contributed by atoms with van der Waals surface area (Å²) in [5.74, 6) is -2.10. The molecule has 2 rings (SSSR count). The van der Waals surface area contributed by atoms with E-state index in [0.29, 0.717) is 11.3 Å². The third-order valence-corrected chi connectivity index (χ3v) is 2.93. The van der Waals surface area contributed by atoms with E-state index in [-0.39, 0.29) is 23.3 Å². The van der Waals surface area contributed by atoms with E-state index in [4.69, 9.17) is 10.4 Å². The molecule has 0 aliphatic carbocycles. The first-order valence-corrected chi connectivity index (χ1v) is 6.57. The third-order valence-electron chi connectivity index (χ3n) is 2.93. The van der Waals surface area contributed by atoms with Crippen molar-refractivity contribution in [3.8, 4) is 0 Å². The maximum absolute atomic E-state index is 12.7. The van der Waals surface area contributed by atoms with Crippen molar-refractivity contribution in [2.45, 2.75) is 6.54 Å². The van der Waals surface area contributed by atoms with Gasteiger partial charge in [0, 0.05) is 12.2 Å². The zero-order valence-electron chi connectivity index (χ0n) is 11.9. The van der Waals surface area contributed by atoms with Crippen LogP contribution in [0.25, 0.3) is 0 Å². The Hall–Kier alpha value is -2.97. The molecule has 0 aliphatic rings. The summed E-state index contributed by atoms with van der Waals surface area (Å²) in [7, 11) is 0. The summed E-state index contributed by atoms with van der Waals surface area (Å²) >= 11 is 0. The topological polar surface area (TPSA) is 102 Å². The Morgan fingerprint density at radius 2 is 1.57 bits per heavy atom. The molecule has 0 aliphatic heterocycles. The molecule has 120 valence electrons. The maximum Gasteiger partial charge on any atom is 0.313 e. The molecule has 0 saturated carbocycles. The molecule has 0 spiro atoms. The molecule has 2 aromatic carbocycles. The highest BCUT2D eigenvalue weighted by Crippen LogP contribution is 2.15. The van der Waals surface area contributed by atoms with Crippen LogP contribution < -0.4 is 15.9 Å². The maximum atomic E-state index is 12.7. The Morgan fingerprint density at radius 1 is 0.957 bits per heavy atom. The van der Waals surface area contributed by atoms with Gasteiger partial charge in [-0.2, -0.15) is 0 Å². The van der Waals surface area contributed by atoms with Crippen LogP contribution >= 0.6 is 0 Å². The normalized spacial score (nSPS) is 10.0. The Labute approximate surface area is 130 Å². The first-order chi connectivity index (χ1) is 11.0. The zero-order valence-corrected chi connectivity index (χ0v) is 11.9. The van der Waals surface area contributed by atoms with Gasteiger partial charge in [0.25, 0.3) is 0 Å². The zero-order chi connectivity index (χ0) is 16.8. The van der Waals surface area contributed by atoms with Crippen LogP contribution in [-0.2, 0) is 16.1 Å². The minimum Gasteiger partial charge on any atom is -0.344 e. The lowest BCUT2D eigenvalue weighted by molar-refractivity contribution is -0.136. The van der Waals surface area contributed by atoms with Crippen molar-refractivity contribution in [1.29, 1.82) is 0 Å². The van der Waals surface area contributed by atoms with Crippen molar-refractivity contribution in [1.82, 2.24) is 5.32 Å². The quantitative estimate of drug-likeness (QED) is 0.507. The highest BCUT2D eigenvalue weighted by molar-refractivity contribution is 6.39. The number of halogens is 1. The minimum atomic E-state index is -0.871. The smallest absolute Gasteiger partial charge is 0.313 e. The van der Waals surface area contributed by atoms with E-state index in [0.717, 1.165) is 0 Å². The van der Waals surface area contributed by atoms with Crippen molar-refractivity contribution in [2.75, 3.05) is 10.5 Å². The van der Waals surface area contributed by atoms with Crippen LogP contribution in [-0.4, -0.2) is 22.2 Å². The van der Waals surface area contributed by atoms with E-state index < -0.39 is 11.8 Å². The standard InChI is InChI=1S/C15H14FN3O4/c16-11-3-1-10(2-4-11)9-17-14(20)15(21)18-12-5-7-13(8-6-12)19(22)23/h1-8,22-23H,9H2,(H,17,20)(H,18,21). The summed E-state index contributed by atoms with van der Waals surface area (Å²) in [4.78, 5) is 23.4. The molecule has 0 fully saturated rings. The molecule has 2 amide bonds. The summed E-state index contributed by atoms with van der Waals surface area (Å²) in [6.45, 7) is 0.0927. The second-order valence-electron chi connectivity index (χ2n) is 4.60. The van der Waals surface area contributed by atoms with E-state index in [2.05, 4.69) is 10.6 Å². The molecule has 2 aromatic rings. The van der Waals surface area contributed by atoms with Crippen molar-refractivity contribution in [2.24, 2.45) is 0 Å². The van der Waals surface area contributed by atoms with E-state index in [1.807, 2.05) is 0 Å². The predicted molar refractivity (Wildman–Crippen MR) is 79.4 cm³/mol. The van der Waals surface area contributed by atoms with Crippen LogP contribution in [0.5, 0.6) is 0 Å². The van der Waals surface area contributed by atoms with Gasteiger partial charge >= 0.3 is 11.8 Å². The fourth-order valence-corrected chi connectivity index (χ4v) is 1.73. The van der Waals surface area contributed by atoms with Gasteiger partial charge in [0.05, 0.1) is 5.69 Å². The lowest BCUT2D eigenvalue weighted by Crippen LogP contribution is -2.34. The summed E-state index contributed by atoms with van der Waals surface area (Å²) in [5.41, 5.74) is 1.07. The fourth-order valence-electron chi connectivity index (χ4n) is 1.73. The van der Waals surface area contributed by atoms with Gasteiger partial charge in [0.2, 0.25) is 0 Å². The Balaban J connectivity index is 1.87. The molecule has 4 N–H and O–H groups in total. The number of carbonyl (C=O) groups excluding carboxylic acids is 2. The SMILES string of the molecule is O=C(NCc1ccc(F)cc1)C(=O)Nc1ccc(N(O)O)cc1. The minimum absolute atomic E-state index is 0.0684. The van der Waals surface area contributed by atoms with Gasteiger partial charge < -0.3 is 10.6 Å². The molecule has 0 bridgehead atoms. The molecule has 0 unspecified atom stereocenters. The first kappa shape index (κ1) is 16.4. The van der Waals surface area contributed by atoms with E-state index >= 15 is 0 Å². The van der Waals surface area contributed by atoms with Crippen LogP contribution in [0.1, 0.15) is 5.56 Å². The lowest BCUT2D eigenvalue weighted by Gasteiger charge is -2.09. The van der Waals surface area contributed by atoms with E-state index in [1.165, 1.54) is 48.5 Å². The van der Waals surface area contributed by atoms with Gasteiger partial charge in [-0.3, -0.25) is 20.0 Å². The first-order valence-electron chi connectivity index (χ1n) is 6.57. The van der Waals surface area contributed by atoms with Crippen LogP contribution in [0, 0.1) is 5.82 Å². The number of nitrogens with one attached hydrogen (secondary N) is 2. The molecule has 8 heteroatoms. The number of benzene rings is 2. The summed E-state index contributed by atoms with van der Waals surface area (Å²) in [6.07, 6.45) is 0. The number of hydrogen-bond acceptors (Lipinski definition) is 5. The average molecular weight is 319 g/mol. The highest BCUT2D eigenvalue weighted by Gasteiger charge is 2.13. The van der Waals surface area contributed by atoms with Crippen molar-refractivity contribution < 1.29 is 24.4 Å². The van der Waals surface area contributed by atoms with Gasteiger partial charge in [0.15, 0.2) is 0 Å². The second kappa shape index (κ2) is 7.34. The summed E-state index contributed by atoms with van der Waals surface area (Å²) in [5, 5.41) is 22.3. The molecule has 0 heterocycles. The number of anilines is 2. The van der Waals surface area contributed by atoms with Gasteiger partial charge in [-0.15, -0.1) is 5.23 Å². The molecule has 0 atom stereocenters. The van der Waals surface area contributed by atoms with E-state index in [1.54, 1.807) is 0 Å². The third kappa shape index (κ3) is 4.77. The van der Waals surface area contributed by atoms with Crippen LogP contribution in [0.15, 0.2) is 48.5 Å². The number of hydrogen-bond donors (Lipinski definition) is 4. The largest absolute Gasteiger partial charge is 0.344 e. The predicted octanol–water partition coefficient (Wildman–Crippen LogP) is 1.67. The molecule has 0 aromatic heterocycles. The van der Waals surface area contributed by atoms with Crippen LogP contribution in [0.3, 0.4) is 0 Å². The second-order valence-corrected chi connectivity index (χ2v) is 4.60. The Bertz CT molecular complexity index is 687. The summed E-state index contributed by atoms with van der Waals surface area (Å²) in [6, 6.07) is 11.0. The molecule has 0 saturated heterocycles. The molecule has 0 radical (unpaired) electrons. The Morgan fingerprint density at radius 3 is 2.13 bits per heavy atom. The molecular weight excluding hydrogens is 305 g/mol. The number of carbonyl (C=O) groups is 2. The lowest BCUT2D eigenvalue weighted by atomic mass is 10.2. The van der Waals surface area contributed by atoms with Crippen LogP contribution in [0.2, 0.25) is 0 Å². The molecular formula is C15H14FN3O4. The molecule has 7 nitrogen and oxygen atoms in total. The van der Waals surface area contributed by atoms with Crippen molar-refractivity contribution in [3.63, 3.8) is 0 Å². The average Bonchev–Trinajstić information content (AvgIpc) is 2.54. The van der Waals surface area contributed by atoms with Crippen molar-refractivity contribution >= 4 is 23.2 Å². The van der Waals surface area contributed by atoms with Gasteiger partial charge in [-0.25, -0.2) is 4.39 Å². The van der Waals surface area contributed by atoms with Crippen molar-refractivity contribution in [3.05, 3.63) is 59.9 Å². The molecule has 23 heavy (non-hydrogen) atoms. The number of amides is 2. The number of rotatable bonds is 4. The number of nitrogens with zero attached hydrogens (tertiary/aromatic N) is 1. The fraction of sp³-hybridized carbons (Fsp3) is 0.0667. The Kier molecular flexibility index (Phi) is 5.23.